The van der Waals surface area contributed by atoms with Crippen molar-refractivity contribution < 1.29 is 22.7 Å². The summed E-state index contributed by atoms with van der Waals surface area (Å²) < 4.78 is 30.0. The first-order valence-corrected chi connectivity index (χ1v) is 11.8. The predicted octanol–water partition coefficient (Wildman–Crippen LogP) is 3.92. The number of halogens is 1. The number of para-hydroxylation sites is 1. The van der Waals surface area contributed by atoms with Gasteiger partial charge in [-0.15, -0.1) is 0 Å². The largest absolute Gasteiger partial charge is 0.453 e. The number of aromatic amines is 1. The van der Waals surface area contributed by atoms with E-state index in [1.165, 1.54) is 12.1 Å². The number of ether oxygens (including phenoxy) is 1. The van der Waals surface area contributed by atoms with E-state index < -0.39 is 22.6 Å². The molecule has 0 aliphatic carbocycles. The van der Waals surface area contributed by atoms with Crippen LogP contribution < -0.4 is 5.14 Å². The SMILES string of the molecule is Cc1cc(C(=O)COC(=O)c2[nH]c3ccccc3c2Cl)c(C)n1-c1ccc(S(N)(=O)=O)cc1. The van der Waals surface area contributed by atoms with Gasteiger partial charge in [0.15, 0.2) is 6.61 Å². The zero-order valence-electron chi connectivity index (χ0n) is 17.8. The van der Waals surface area contributed by atoms with Crippen molar-refractivity contribution in [3.63, 3.8) is 0 Å². The lowest BCUT2D eigenvalue weighted by Crippen LogP contribution is -2.15. The lowest BCUT2D eigenvalue weighted by Gasteiger charge is -2.10. The van der Waals surface area contributed by atoms with Gasteiger partial charge in [-0.05, 0) is 50.2 Å². The molecule has 4 rings (SSSR count). The van der Waals surface area contributed by atoms with Crippen LogP contribution in [-0.4, -0.2) is 36.3 Å². The third-order valence-electron chi connectivity index (χ3n) is 5.34. The van der Waals surface area contributed by atoms with E-state index in [-0.39, 0.29) is 21.4 Å². The maximum atomic E-state index is 12.8. The van der Waals surface area contributed by atoms with Gasteiger partial charge >= 0.3 is 5.97 Å². The number of hydrogen-bond acceptors (Lipinski definition) is 5. The lowest BCUT2D eigenvalue weighted by atomic mass is 10.1. The third-order valence-corrected chi connectivity index (χ3v) is 6.66. The minimum atomic E-state index is -3.80. The van der Waals surface area contributed by atoms with Crippen molar-refractivity contribution in [2.75, 3.05) is 6.61 Å². The van der Waals surface area contributed by atoms with Crippen LogP contribution in [0.2, 0.25) is 5.02 Å². The normalized spacial score (nSPS) is 11.6. The van der Waals surface area contributed by atoms with Crippen molar-refractivity contribution in [2.45, 2.75) is 18.7 Å². The molecule has 0 aliphatic rings. The summed E-state index contributed by atoms with van der Waals surface area (Å²) in [6.45, 7) is 3.11. The molecule has 0 atom stereocenters. The smallest absolute Gasteiger partial charge is 0.356 e. The summed E-state index contributed by atoms with van der Waals surface area (Å²) in [5.41, 5.74) is 3.21. The Balaban J connectivity index is 1.53. The molecule has 33 heavy (non-hydrogen) atoms. The van der Waals surface area contributed by atoms with Crippen LogP contribution in [0.15, 0.2) is 59.5 Å². The fourth-order valence-electron chi connectivity index (χ4n) is 3.76. The average Bonchev–Trinajstić information content (AvgIpc) is 3.27. The number of fused-ring (bicyclic) bond motifs is 1. The molecule has 0 fully saturated rings. The number of carbonyl (C=O) groups excluding carboxylic acids is 2. The van der Waals surface area contributed by atoms with E-state index in [9.17, 15) is 18.0 Å². The van der Waals surface area contributed by atoms with Crippen molar-refractivity contribution in [1.29, 1.82) is 0 Å². The molecule has 0 amide bonds. The van der Waals surface area contributed by atoms with Gasteiger partial charge in [-0.1, -0.05) is 29.8 Å². The molecule has 0 aliphatic heterocycles. The summed E-state index contributed by atoms with van der Waals surface area (Å²) in [4.78, 5) is 28.2. The molecular formula is C23H20ClN3O5S. The standard InChI is InChI=1S/C23H20ClN3O5S/c1-13-11-18(14(2)27(13)15-7-9-16(10-8-15)33(25,30)31)20(28)12-32-23(29)22-21(24)17-5-3-4-6-19(17)26-22/h3-11,26H,12H2,1-2H3,(H2,25,30,31). The Labute approximate surface area is 195 Å². The molecule has 2 heterocycles. The topological polar surface area (TPSA) is 124 Å². The second kappa shape index (κ2) is 8.51. The number of benzene rings is 2. The number of primary sulfonamides is 1. The second-order valence-electron chi connectivity index (χ2n) is 7.52. The highest BCUT2D eigenvalue weighted by molar-refractivity contribution is 7.89. The van der Waals surface area contributed by atoms with Crippen molar-refractivity contribution in [3.8, 4) is 5.69 Å². The van der Waals surface area contributed by atoms with E-state index in [1.54, 1.807) is 47.9 Å². The van der Waals surface area contributed by atoms with E-state index in [0.29, 0.717) is 27.8 Å². The van der Waals surface area contributed by atoms with Crippen molar-refractivity contribution in [3.05, 3.63) is 82.3 Å². The zero-order chi connectivity index (χ0) is 23.9. The maximum absolute atomic E-state index is 12.8. The summed E-state index contributed by atoms with van der Waals surface area (Å²) in [6.07, 6.45) is 0. The lowest BCUT2D eigenvalue weighted by molar-refractivity contribution is 0.0470. The van der Waals surface area contributed by atoms with Crippen LogP contribution in [0.5, 0.6) is 0 Å². The summed E-state index contributed by atoms with van der Waals surface area (Å²) >= 11 is 6.27. The van der Waals surface area contributed by atoms with Gasteiger partial charge in [0.2, 0.25) is 15.8 Å². The predicted molar refractivity (Wildman–Crippen MR) is 125 cm³/mol. The first-order valence-electron chi connectivity index (χ1n) is 9.86. The molecule has 170 valence electrons. The third kappa shape index (κ3) is 4.30. The van der Waals surface area contributed by atoms with Crippen LogP contribution in [-0.2, 0) is 14.8 Å². The number of sulfonamides is 1. The fourth-order valence-corrected chi connectivity index (χ4v) is 4.56. The molecule has 0 spiro atoms. The fraction of sp³-hybridized carbons (Fsp3) is 0.130. The number of Topliss-reactive ketones (excluding diaryl/α,β-unsaturated/α-hetero) is 1. The average molecular weight is 486 g/mol. The number of nitrogens with one attached hydrogen (secondary N) is 1. The van der Waals surface area contributed by atoms with Crippen LogP contribution in [0.4, 0.5) is 0 Å². The van der Waals surface area contributed by atoms with Gasteiger partial charge in [0.25, 0.3) is 0 Å². The van der Waals surface area contributed by atoms with Crippen LogP contribution in [0.25, 0.3) is 16.6 Å². The summed E-state index contributed by atoms with van der Waals surface area (Å²) in [5.74, 6) is -1.10. The molecule has 4 aromatic rings. The number of nitrogens with zero attached hydrogens (tertiary/aromatic N) is 1. The summed E-state index contributed by atoms with van der Waals surface area (Å²) in [5, 5.41) is 6.08. The Morgan fingerprint density at radius 1 is 1.09 bits per heavy atom. The number of aromatic nitrogens is 2. The van der Waals surface area contributed by atoms with Crippen molar-refractivity contribution in [1.82, 2.24) is 9.55 Å². The van der Waals surface area contributed by atoms with Gasteiger partial charge in [0.1, 0.15) is 5.69 Å². The highest BCUT2D eigenvalue weighted by Crippen LogP contribution is 2.28. The molecule has 0 saturated heterocycles. The maximum Gasteiger partial charge on any atom is 0.356 e. The molecule has 0 unspecified atom stereocenters. The van der Waals surface area contributed by atoms with Gasteiger partial charge in [-0.2, -0.15) is 0 Å². The molecule has 2 aromatic carbocycles. The number of ketones is 1. The summed E-state index contributed by atoms with van der Waals surface area (Å²) in [6, 6.07) is 14.9. The van der Waals surface area contributed by atoms with Crippen LogP contribution in [0.3, 0.4) is 0 Å². The Hall–Kier alpha value is -3.40. The zero-order valence-corrected chi connectivity index (χ0v) is 19.3. The molecule has 0 bridgehead atoms. The quantitative estimate of drug-likeness (QED) is 0.316. The number of aryl methyl sites for hydroxylation is 1. The van der Waals surface area contributed by atoms with E-state index in [2.05, 4.69) is 4.98 Å². The number of carbonyl (C=O) groups is 2. The number of H-pyrrole nitrogens is 1. The molecule has 0 saturated carbocycles. The van der Waals surface area contributed by atoms with Crippen LogP contribution >= 0.6 is 11.6 Å². The number of nitrogens with two attached hydrogens (primary N) is 1. The van der Waals surface area contributed by atoms with Crippen molar-refractivity contribution >= 4 is 44.3 Å². The van der Waals surface area contributed by atoms with Gasteiger partial charge in [0.05, 0.1) is 9.92 Å². The Kier molecular flexibility index (Phi) is 5.87. The minimum absolute atomic E-state index is 0.00689. The first kappa shape index (κ1) is 22.8. The monoisotopic (exact) mass is 485 g/mol. The van der Waals surface area contributed by atoms with E-state index >= 15 is 0 Å². The van der Waals surface area contributed by atoms with Crippen LogP contribution in [0, 0.1) is 13.8 Å². The highest BCUT2D eigenvalue weighted by atomic mass is 35.5. The Morgan fingerprint density at radius 2 is 1.76 bits per heavy atom. The first-order chi connectivity index (χ1) is 15.6. The van der Waals surface area contributed by atoms with Crippen molar-refractivity contribution in [2.24, 2.45) is 5.14 Å². The molecular weight excluding hydrogens is 466 g/mol. The van der Waals surface area contributed by atoms with Gasteiger partial charge < -0.3 is 14.3 Å². The number of rotatable bonds is 6. The number of hydrogen-bond donors (Lipinski definition) is 2. The molecule has 8 nitrogen and oxygen atoms in total. The Bertz CT molecular complexity index is 1500. The molecule has 10 heteroatoms. The van der Waals surface area contributed by atoms with E-state index in [0.717, 1.165) is 5.69 Å². The van der Waals surface area contributed by atoms with E-state index in [1.807, 2.05) is 13.0 Å². The molecule has 0 radical (unpaired) electrons. The molecule has 2 aromatic heterocycles. The van der Waals surface area contributed by atoms with Gasteiger partial charge in [-0.25, -0.2) is 18.4 Å². The van der Waals surface area contributed by atoms with Gasteiger partial charge in [0, 0.05) is 33.5 Å². The molecule has 3 N–H and O–H groups in total. The Morgan fingerprint density at radius 3 is 2.39 bits per heavy atom. The minimum Gasteiger partial charge on any atom is -0.453 e. The van der Waals surface area contributed by atoms with Crippen LogP contribution in [0.1, 0.15) is 32.2 Å². The summed E-state index contributed by atoms with van der Waals surface area (Å²) in [7, 11) is -3.80. The van der Waals surface area contributed by atoms with E-state index in [4.69, 9.17) is 21.5 Å². The second-order valence-corrected chi connectivity index (χ2v) is 9.46. The highest BCUT2D eigenvalue weighted by Gasteiger charge is 2.21. The van der Waals surface area contributed by atoms with Gasteiger partial charge in [-0.3, -0.25) is 4.79 Å². The number of esters is 1.